The van der Waals surface area contributed by atoms with Gasteiger partial charge in [0.15, 0.2) is 0 Å². The number of nitrogens with one attached hydrogen (secondary N) is 2. The Morgan fingerprint density at radius 2 is 2.31 bits per heavy atom. The topological polar surface area (TPSA) is 64.9 Å². The normalized spacial score (nSPS) is 9.56. The highest BCUT2D eigenvalue weighted by Crippen LogP contribution is 2.14. The maximum atomic E-state index is 13.3. The smallest absolute Gasteiger partial charge is 0.238 e. The summed E-state index contributed by atoms with van der Waals surface area (Å²) in [6.07, 6.45) is 0. The minimum Gasteiger partial charge on any atom is -0.322 e. The number of benzene rings is 1. The van der Waals surface area contributed by atoms with Gasteiger partial charge in [-0.15, -0.1) is 0 Å². The van der Waals surface area contributed by atoms with Crippen molar-refractivity contribution in [1.29, 1.82) is 5.26 Å². The highest BCUT2D eigenvalue weighted by molar-refractivity contribution is 5.92. The summed E-state index contributed by atoms with van der Waals surface area (Å²) >= 11 is 0. The molecule has 1 rings (SSSR count). The van der Waals surface area contributed by atoms with Crippen molar-refractivity contribution in [3.63, 3.8) is 0 Å². The third-order valence-electron chi connectivity index (χ3n) is 1.91. The zero-order chi connectivity index (χ0) is 12.0. The van der Waals surface area contributed by atoms with Crippen molar-refractivity contribution in [3.05, 3.63) is 29.6 Å². The molecule has 0 aliphatic carbocycles. The second-order valence-corrected chi connectivity index (χ2v) is 3.13. The van der Waals surface area contributed by atoms with Gasteiger partial charge in [0.05, 0.1) is 23.9 Å². The van der Waals surface area contributed by atoms with E-state index in [4.69, 9.17) is 5.26 Å². The van der Waals surface area contributed by atoms with Gasteiger partial charge >= 0.3 is 0 Å². The van der Waals surface area contributed by atoms with Gasteiger partial charge in [0.2, 0.25) is 5.91 Å². The number of nitriles is 1. The molecule has 0 aliphatic rings. The fourth-order valence-corrected chi connectivity index (χ4v) is 1.12. The number of nitrogens with zero attached hydrogens (tertiary/aromatic N) is 1. The summed E-state index contributed by atoms with van der Waals surface area (Å²) in [7, 11) is 0. The van der Waals surface area contributed by atoms with Crippen molar-refractivity contribution in [2.45, 2.75) is 6.92 Å². The number of carbonyl (C=O) groups is 1. The van der Waals surface area contributed by atoms with Gasteiger partial charge in [-0.1, -0.05) is 6.92 Å². The fraction of sp³-hybridized carbons (Fsp3) is 0.273. The molecule has 5 heteroatoms. The van der Waals surface area contributed by atoms with E-state index in [0.29, 0.717) is 6.54 Å². The highest BCUT2D eigenvalue weighted by Gasteiger charge is 2.06. The molecule has 1 amide bonds. The van der Waals surface area contributed by atoms with Gasteiger partial charge in [0.25, 0.3) is 0 Å². The number of anilines is 1. The summed E-state index contributed by atoms with van der Waals surface area (Å²) in [6, 6.07) is 5.73. The summed E-state index contributed by atoms with van der Waals surface area (Å²) in [5, 5.41) is 13.8. The van der Waals surface area contributed by atoms with Crippen LogP contribution in [0.3, 0.4) is 0 Å². The van der Waals surface area contributed by atoms with Crippen molar-refractivity contribution in [2.24, 2.45) is 0 Å². The van der Waals surface area contributed by atoms with E-state index in [1.54, 1.807) is 0 Å². The molecule has 0 radical (unpaired) electrons. The van der Waals surface area contributed by atoms with E-state index in [1.807, 2.05) is 13.0 Å². The Balaban J connectivity index is 2.68. The molecule has 0 aliphatic heterocycles. The maximum absolute atomic E-state index is 13.3. The van der Waals surface area contributed by atoms with Crippen LogP contribution in [0.15, 0.2) is 18.2 Å². The summed E-state index contributed by atoms with van der Waals surface area (Å²) in [5.74, 6) is -0.922. The average molecular weight is 221 g/mol. The molecule has 0 saturated heterocycles. The molecule has 0 unspecified atom stereocenters. The first-order valence-electron chi connectivity index (χ1n) is 4.87. The van der Waals surface area contributed by atoms with E-state index < -0.39 is 5.82 Å². The van der Waals surface area contributed by atoms with E-state index in [2.05, 4.69) is 10.6 Å². The van der Waals surface area contributed by atoms with Crippen LogP contribution in [0, 0.1) is 17.1 Å². The lowest BCUT2D eigenvalue weighted by Gasteiger charge is -2.06. The SMILES string of the molecule is CCNCC(=O)Nc1ccc(C#N)cc1F. The Morgan fingerprint density at radius 3 is 2.88 bits per heavy atom. The first kappa shape index (κ1) is 12.1. The van der Waals surface area contributed by atoms with Crippen LogP contribution in [0.4, 0.5) is 10.1 Å². The standard InChI is InChI=1S/C11H12FN3O/c1-2-14-7-11(16)15-10-4-3-8(6-13)5-9(10)12/h3-5,14H,2,7H2,1H3,(H,15,16). The van der Waals surface area contributed by atoms with Crippen LogP contribution in [-0.2, 0) is 4.79 Å². The van der Waals surface area contributed by atoms with E-state index in [0.717, 1.165) is 6.07 Å². The molecule has 4 nitrogen and oxygen atoms in total. The Kier molecular flexibility index (Phi) is 4.42. The molecule has 0 saturated carbocycles. The van der Waals surface area contributed by atoms with E-state index in [9.17, 15) is 9.18 Å². The molecule has 2 N–H and O–H groups in total. The number of halogens is 1. The molecule has 0 spiro atoms. The van der Waals surface area contributed by atoms with Crippen LogP contribution in [0.2, 0.25) is 0 Å². The molecular formula is C11H12FN3O. The first-order valence-corrected chi connectivity index (χ1v) is 4.87. The molecule has 0 aromatic heterocycles. The monoisotopic (exact) mass is 221 g/mol. The minimum absolute atomic E-state index is 0.0851. The molecule has 16 heavy (non-hydrogen) atoms. The molecule has 0 bridgehead atoms. The van der Waals surface area contributed by atoms with E-state index in [1.165, 1.54) is 12.1 Å². The van der Waals surface area contributed by atoms with Gasteiger partial charge in [-0.05, 0) is 24.7 Å². The number of hydrogen-bond donors (Lipinski definition) is 2. The van der Waals surface area contributed by atoms with Crippen LogP contribution >= 0.6 is 0 Å². The van der Waals surface area contributed by atoms with Gasteiger partial charge in [-0.2, -0.15) is 5.26 Å². The lowest BCUT2D eigenvalue weighted by molar-refractivity contribution is -0.115. The Bertz CT molecular complexity index is 426. The van der Waals surface area contributed by atoms with Crippen LogP contribution < -0.4 is 10.6 Å². The quantitative estimate of drug-likeness (QED) is 0.804. The zero-order valence-electron chi connectivity index (χ0n) is 8.88. The maximum Gasteiger partial charge on any atom is 0.238 e. The van der Waals surface area contributed by atoms with Gasteiger partial charge in [0, 0.05) is 0 Å². The predicted octanol–water partition coefficient (Wildman–Crippen LogP) is 1.25. The van der Waals surface area contributed by atoms with Crippen LogP contribution in [-0.4, -0.2) is 19.0 Å². The third-order valence-corrected chi connectivity index (χ3v) is 1.91. The summed E-state index contributed by atoms with van der Waals surface area (Å²) in [5.41, 5.74) is 0.309. The number of amides is 1. The number of rotatable bonds is 4. The summed E-state index contributed by atoms with van der Waals surface area (Å²) in [4.78, 5) is 11.3. The summed E-state index contributed by atoms with van der Waals surface area (Å²) < 4.78 is 13.3. The second-order valence-electron chi connectivity index (χ2n) is 3.13. The number of hydrogen-bond acceptors (Lipinski definition) is 3. The van der Waals surface area contributed by atoms with Crippen molar-refractivity contribution in [1.82, 2.24) is 5.32 Å². The predicted molar refractivity (Wildman–Crippen MR) is 58.3 cm³/mol. The Hall–Kier alpha value is -1.93. The lowest BCUT2D eigenvalue weighted by Crippen LogP contribution is -2.28. The zero-order valence-corrected chi connectivity index (χ0v) is 8.88. The molecule has 1 aromatic rings. The largest absolute Gasteiger partial charge is 0.322 e. The van der Waals surface area contributed by atoms with Crippen molar-refractivity contribution < 1.29 is 9.18 Å². The van der Waals surface area contributed by atoms with Gasteiger partial charge in [-0.3, -0.25) is 4.79 Å². The average Bonchev–Trinajstić information content (AvgIpc) is 2.29. The molecule has 0 atom stereocenters. The Labute approximate surface area is 93.1 Å². The van der Waals surface area contributed by atoms with E-state index >= 15 is 0 Å². The van der Waals surface area contributed by atoms with Crippen molar-refractivity contribution in [2.75, 3.05) is 18.4 Å². The number of carbonyl (C=O) groups excluding carboxylic acids is 1. The molecular weight excluding hydrogens is 209 g/mol. The fourth-order valence-electron chi connectivity index (χ4n) is 1.12. The third kappa shape index (κ3) is 3.33. The minimum atomic E-state index is -0.608. The first-order chi connectivity index (χ1) is 7.67. The lowest BCUT2D eigenvalue weighted by atomic mass is 10.2. The molecule has 84 valence electrons. The Morgan fingerprint density at radius 1 is 1.56 bits per heavy atom. The highest BCUT2D eigenvalue weighted by atomic mass is 19.1. The van der Waals surface area contributed by atoms with Gasteiger partial charge in [-0.25, -0.2) is 4.39 Å². The van der Waals surface area contributed by atoms with Gasteiger partial charge in [0.1, 0.15) is 5.82 Å². The van der Waals surface area contributed by atoms with E-state index in [-0.39, 0.29) is 23.7 Å². The molecule has 1 aromatic carbocycles. The van der Waals surface area contributed by atoms with Crippen LogP contribution in [0.25, 0.3) is 0 Å². The van der Waals surface area contributed by atoms with Crippen LogP contribution in [0.1, 0.15) is 12.5 Å². The molecule has 0 fully saturated rings. The number of likely N-dealkylation sites (N-methyl/N-ethyl adjacent to an activating group) is 1. The second kappa shape index (κ2) is 5.83. The molecule has 0 heterocycles. The van der Waals surface area contributed by atoms with Gasteiger partial charge < -0.3 is 10.6 Å². The summed E-state index contributed by atoms with van der Waals surface area (Å²) in [6.45, 7) is 2.68. The van der Waals surface area contributed by atoms with Crippen molar-refractivity contribution >= 4 is 11.6 Å². The van der Waals surface area contributed by atoms with Crippen LogP contribution in [0.5, 0.6) is 0 Å². The van der Waals surface area contributed by atoms with Crippen molar-refractivity contribution in [3.8, 4) is 6.07 Å².